The summed E-state index contributed by atoms with van der Waals surface area (Å²) in [6.07, 6.45) is 4.10. The van der Waals surface area contributed by atoms with Crippen LogP contribution in [0.25, 0.3) is 33.4 Å². The van der Waals surface area contributed by atoms with Crippen LogP contribution in [0, 0.1) is 6.92 Å². The van der Waals surface area contributed by atoms with Crippen molar-refractivity contribution in [2.75, 3.05) is 5.32 Å². The molecule has 3 heterocycles. The summed E-state index contributed by atoms with van der Waals surface area (Å²) in [4.78, 5) is 21.5. The Labute approximate surface area is 192 Å². The van der Waals surface area contributed by atoms with Gasteiger partial charge in [0.05, 0.1) is 11.2 Å². The van der Waals surface area contributed by atoms with E-state index in [1.165, 1.54) is 0 Å². The summed E-state index contributed by atoms with van der Waals surface area (Å²) in [5, 5.41) is 8.80. The summed E-state index contributed by atoms with van der Waals surface area (Å²) in [5.74, 6) is -0.0507. The molecule has 6 nitrogen and oxygen atoms in total. The molecule has 5 aromatic rings. The topological polar surface area (TPSA) is 72.7 Å². The fraction of sp³-hybridized carbons (Fsp3) is 0.111. The predicted octanol–water partition coefficient (Wildman–Crippen LogP) is 5.50. The second-order valence-electron chi connectivity index (χ2n) is 7.89. The van der Waals surface area contributed by atoms with Crippen molar-refractivity contribution in [1.82, 2.24) is 19.7 Å². The van der Waals surface area contributed by atoms with Crippen molar-refractivity contribution in [3.05, 3.63) is 97.0 Å². The minimum atomic E-state index is -0.0507. The molecule has 0 radical (unpaired) electrons. The average Bonchev–Trinajstić information content (AvgIpc) is 3.28. The lowest BCUT2D eigenvalue weighted by molar-refractivity contribution is -0.116. The van der Waals surface area contributed by atoms with Gasteiger partial charge in [0, 0.05) is 47.7 Å². The predicted molar refractivity (Wildman–Crippen MR) is 131 cm³/mol. The highest BCUT2D eigenvalue weighted by atomic mass is 16.1. The van der Waals surface area contributed by atoms with Crippen molar-refractivity contribution in [2.45, 2.75) is 19.9 Å². The summed E-state index contributed by atoms with van der Waals surface area (Å²) in [7, 11) is 0. The Balaban J connectivity index is 1.46. The molecular formula is C27H23N5O. The van der Waals surface area contributed by atoms with Crippen LogP contribution in [0.2, 0.25) is 0 Å². The van der Waals surface area contributed by atoms with Gasteiger partial charge in [-0.05, 0) is 55.0 Å². The minimum absolute atomic E-state index is 0.0507. The molecular weight excluding hydrogens is 410 g/mol. The molecule has 0 saturated carbocycles. The van der Waals surface area contributed by atoms with Crippen LogP contribution in [0.15, 0.2) is 91.3 Å². The van der Waals surface area contributed by atoms with Crippen LogP contribution in [-0.2, 0) is 11.3 Å². The number of nitrogens with one attached hydrogen (secondary N) is 1. The number of hydrogen-bond donors (Lipinski definition) is 1. The van der Waals surface area contributed by atoms with Crippen LogP contribution < -0.4 is 5.32 Å². The number of carbonyl (C=O) groups excluding carboxylic acids is 1. The zero-order chi connectivity index (χ0) is 22.6. The zero-order valence-corrected chi connectivity index (χ0v) is 18.3. The molecule has 0 fully saturated rings. The van der Waals surface area contributed by atoms with E-state index in [-0.39, 0.29) is 5.91 Å². The van der Waals surface area contributed by atoms with E-state index in [1.807, 2.05) is 78.5 Å². The molecule has 0 aliphatic heterocycles. The normalized spacial score (nSPS) is 10.9. The summed E-state index contributed by atoms with van der Waals surface area (Å²) in [6, 6.07) is 25.6. The van der Waals surface area contributed by atoms with Gasteiger partial charge in [0.15, 0.2) is 0 Å². The highest BCUT2D eigenvalue weighted by Gasteiger charge is 2.16. The lowest BCUT2D eigenvalue weighted by Gasteiger charge is -2.05. The van der Waals surface area contributed by atoms with E-state index in [0.717, 1.165) is 44.8 Å². The third kappa shape index (κ3) is 4.65. The highest BCUT2D eigenvalue weighted by molar-refractivity contribution is 5.91. The molecule has 0 atom stereocenters. The maximum Gasteiger partial charge on any atom is 0.226 e. The van der Waals surface area contributed by atoms with Gasteiger partial charge in [-0.2, -0.15) is 5.10 Å². The first kappa shape index (κ1) is 20.6. The molecule has 0 saturated heterocycles. The second kappa shape index (κ2) is 9.04. The molecule has 0 aliphatic rings. The van der Waals surface area contributed by atoms with Crippen LogP contribution in [0.1, 0.15) is 12.1 Å². The molecule has 6 heteroatoms. The van der Waals surface area contributed by atoms with Crippen molar-refractivity contribution in [3.8, 4) is 22.5 Å². The van der Waals surface area contributed by atoms with E-state index in [9.17, 15) is 4.79 Å². The Kier molecular flexibility index (Phi) is 5.64. The number of carbonyl (C=O) groups is 1. The standard InChI is InChI=1S/C27H23N5O/c1-19-7-5-11-25(29-19)27-23(20-12-13-24-21(17-20)8-6-15-28-24)18-32(31-27)16-14-26(33)30-22-9-3-2-4-10-22/h2-13,15,17-18H,14,16H2,1H3,(H,30,33). The van der Waals surface area contributed by atoms with Gasteiger partial charge >= 0.3 is 0 Å². The van der Waals surface area contributed by atoms with E-state index < -0.39 is 0 Å². The molecule has 0 bridgehead atoms. The van der Waals surface area contributed by atoms with Gasteiger partial charge < -0.3 is 5.32 Å². The zero-order valence-electron chi connectivity index (χ0n) is 18.3. The number of rotatable bonds is 6. The van der Waals surface area contributed by atoms with Gasteiger partial charge in [-0.25, -0.2) is 0 Å². The summed E-state index contributed by atoms with van der Waals surface area (Å²) in [6.45, 7) is 2.43. The molecule has 1 amide bonds. The summed E-state index contributed by atoms with van der Waals surface area (Å²) < 4.78 is 1.83. The van der Waals surface area contributed by atoms with Crippen LogP contribution in [0.4, 0.5) is 5.69 Å². The number of fused-ring (bicyclic) bond motifs is 1. The first-order chi connectivity index (χ1) is 16.2. The van der Waals surface area contributed by atoms with Crippen molar-refractivity contribution in [2.24, 2.45) is 0 Å². The number of aromatic nitrogens is 4. The number of anilines is 1. The molecule has 0 unspecified atom stereocenters. The van der Waals surface area contributed by atoms with E-state index in [4.69, 9.17) is 5.10 Å². The van der Waals surface area contributed by atoms with Gasteiger partial charge in [-0.1, -0.05) is 36.4 Å². The lowest BCUT2D eigenvalue weighted by atomic mass is 10.0. The summed E-state index contributed by atoms with van der Waals surface area (Å²) >= 11 is 0. The molecule has 162 valence electrons. The fourth-order valence-electron chi connectivity index (χ4n) is 3.82. The second-order valence-corrected chi connectivity index (χ2v) is 7.89. The Morgan fingerprint density at radius 1 is 0.970 bits per heavy atom. The molecule has 33 heavy (non-hydrogen) atoms. The monoisotopic (exact) mass is 433 g/mol. The lowest BCUT2D eigenvalue weighted by Crippen LogP contribution is -2.14. The molecule has 2 aromatic carbocycles. The van der Waals surface area contributed by atoms with E-state index in [0.29, 0.717) is 13.0 Å². The Morgan fingerprint density at radius 2 is 1.85 bits per heavy atom. The van der Waals surface area contributed by atoms with Gasteiger partial charge in [0.2, 0.25) is 5.91 Å². The Bertz CT molecular complexity index is 1430. The Hall–Kier alpha value is -4.32. The largest absolute Gasteiger partial charge is 0.326 e. The molecule has 3 aromatic heterocycles. The molecule has 0 spiro atoms. The van der Waals surface area contributed by atoms with Gasteiger partial charge in [-0.3, -0.25) is 19.4 Å². The highest BCUT2D eigenvalue weighted by Crippen LogP contribution is 2.32. The smallest absolute Gasteiger partial charge is 0.226 e. The number of para-hydroxylation sites is 1. The Morgan fingerprint density at radius 3 is 2.70 bits per heavy atom. The quantitative estimate of drug-likeness (QED) is 0.384. The SMILES string of the molecule is Cc1cccc(-c2nn(CCC(=O)Nc3ccccc3)cc2-c2ccc3ncccc3c2)n1. The van der Waals surface area contributed by atoms with Crippen LogP contribution in [0.3, 0.4) is 0 Å². The molecule has 0 aliphatic carbocycles. The van der Waals surface area contributed by atoms with Crippen molar-refractivity contribution in [3.63, 3.8) is 0 Å². The molecule has 1 N–H and O–H groups in total. The first-order valence-electron chi connectivity index (χ1n) is 10.9. The van der Waals surface area contributed by atoms with E-state index >= 15 is 0 Å². The van der Waals surface area contributed by atoms with Crippen molar-refractivity contribution >= 4 is 22.5 Å². The van der Waals surface area contributed by atoms with E-state index in [1.54, 1.807) is 6.20 Å². The van der Waals surface area contributed by atoms with Crippen molar-refractivity contribution < 1.29 is 4.79 Å². The maximum atomic E-state index is 12.4. The fourth-order valence-corrected chi connectivity index (χ4v) is 3.82. The number of benzene rings is 2. The summed E-state index contributed by atoms with van der Waals surface area (Å²) in [5.41, 5.74) is 6.28. The van der Waals surface area contributed by atoms with Gasteiger partial charge in [0.1, 0.15) is 5.69 Å². The minimum Gasteiger partial charge on any atom is -0.326 e. The number of amides is 1. The maximum absolute atomic E-state index is 12.4. The molecule has 5 rings (SSSR count). The van der Waals surface area contributed by atoms with E-state index in [2.05, 4.69) is 33.5 Å². The number of pyridine rings is 2. The number of nitrogens with zero attached hydrogens (tertiary/aromatic N) is 4. The van der Waals surface area contributed by atoms with Crippen molar-refractivity contribution in [1.29, 1.82) is 0 Å². The van der Waals surface area contributed by atoms with Crippen LogP contribution in [0.5, 0.6) is 0 Å². The van der Waals surface area contributed by atoms with Crippen LogP contribution in [-0.4, -0.2) is 25.7 Å². The number of hydrogen-bond acceptors (Lipinski definition) is 4. The first-order valence-corrected chi connectivity index (χ1v) is 10.9. The number of aryl methyl sites for hydroxylation is 2. The van der Waals surface area contributed by atoms with Gasteiger partial charge in [0.25, 0.3) is 0 Å². The third-order valence-corrected chi connectivity index (χ3v) is 5.43. The van der Waals surface area contributed by atoms with Crippen LogP contribution >= 0.6 is 0 Å². The third-order valence-electron chi connectivity index (χ3n) is 5.43. The van der Waals surface area contributed by atoms with Gasteiger partial charge in [-0.15, -0.1) is 0 Å². The average molecular weight is 434 g/mol.